The molecule has 1 saturated carbocycles. The second kappa shape index (κ2) is 8.01. The van der Waals surface area contributed by atoms with E-state index in [0.29, 0.717) is 11.0 Å². The van der Waals surface area contributed by atoms with E-state index in [2.05, 4.69) is 19.9 Å². The lowest BCUT2D eigenvalue weighted by Gasteiger charge is -2.35. The molecule has 174 valence electrons. The molecule has 34 heavy (non-hydrogen) atoms. The number of aromatic nitrogens is 1. The average Bonchev–Trinajstić information content (AvgIpc) is 3.38. The van der Waals surface area contributed by atoms with Gasteiger partial charge in [0.15, 0.2) is 16.7 Å². The highest BCUT2D eigenvalue weighted by molar-refractivity contribution is 7.22. The number of Topliss-reactive ketones (excluding diaryl/α,β-unsaturated/α-hetero) is 1. The van der Waals surface area contributed by atoms with Crippen LogP contribution in [0.1, 0.15) is 62.6 Å². The number of carbonyl (C=O) groups excluding carboxylic acids is 2. The van der Waals surface area contributed by atoms with Gasteiger partial charge in [-0.1, -0.05) is 55.9 Å². The number of rotatable bonds is 3. The third kappa shape index (κ3) is 3.21. The molecule has 3 aliphatic rings. The second-order valence-electron chi connectivity index (χ2n) is 9.63. The summed E-state index contributed by atoms with van der Waals surface area (Å²) in [6, 6.07) is 11.5. The van der Waals surface area contributed by atoms with Crippen LogP contribution in [0.25, 0.3) is 10.2 Å². The van der Waals surface area contributed by atoms with Crippen molar-refractivity contribution in [1.29, 1.82) is 0 Å². The van der Waals surface area contributed by atoms with E-state index in [0.717, 1.165) is 35.9 Å². The summed E-state index contributed by atoms with van der Waals surface area (Å²) in [6.07, 6.45) is 3.13. The fourth-order valence-electron chi connectivity index (χ4n) is 5.42. The Balaban J connectivity index is 1.51. The van der Waals surface area contributed by atoms with Crippen LogP contribution in [-0.2, 0) is 14.3 Å². The van der Waals surface area contributed by atoms with Crippen LogP contribution in [0, 0.1) is 11.7 Å². The van der Waals surface area contributed by atoms with Crippen molar-refractivity contribution < 1.29 is 18.7 Å². The van der Waals surface area contributed by atoms with Crippen molar-refractivity contribution in [2.75, 3.05) is 4.90 Å². The van der Waals surface area contributed by atoms with E-state index in [1.54, 1.807) is 18.2 Å². The lowest BCUT2D eigenvalue weighted by molar-refractivity contribution is -0.131. The molecule has 3 unspecified atom stereocenters. The predicted octanol–water partition coefficient (Wildman–Crippen LogP) is 6.06. The summed E-state index contributed by atoms with van der Waals surface area (Å²) in [5, 5.41) is 0.447. The van der Waals surface area contributed by atoms with Gasteiger partial charge in [0.1, 0.15) is 18.0 Å². The fourth-order valence-corrected chi connectivity index (χ4v) is 6.47. The molecule has 2 aliphatic heterocycles. The van der Waals surface area contributed by atoms with Crippen molar-refractivity contribution in [3.05, 3.63) is 70.7 Å². The number of carbonyl (C=O) groups is 2. The molecular weight excluding hydrogens is 451 g/mol. The molecule has 6 rings (SSSR count). The molecule has 1 aromatic heterocycles. The maximum Gasteiger partial charge on any atom is 0.296 e. The van der Waals surface area contributed by atoms with Gasteiger partial charge in [0, 0.05) is 5.56 Å². The van der Waals surface area contributed by atoms with Crippen LogP contribution in [-0.4, -0.2) is 22.8 Å². The van der Waals surface area contributed by atoms with Gasteiger partial charge in [0.25, 0.3) is 5.91 Å². The lowest BCUT2D eigenvalue weighted by Crippen LogP contribution is -2.39. The molecule has 3 aromatic rings. The first-order valence-electron chi connectivity index (χ1n) is 11.9. The summed E-state index contributed by atoms with van der Waals surface area (Å²) in [5.41, 5.74) is 2.52. The number of halogens is 1. The second-order valence-corrected chi connectivity index (χ2v) is 10.6. The summed E-state index contributed by atoms with van der Waals surface area (Å²) >= 11 is 1.38. The van der Waals surface area contributed by atoms with Crippen molar-refractivity contribution in [2.24, 2.45) is 5.92 Å². The molecule has 0 spiro atoms. The van der Waals surface area contributed by atoms with Crippen molar-refractivity contribution in [3.8, 4) is 0 Å². The summed E-state index contributed by atoms with van der Waals surface area (Å²) in [5.74, 6) is -0.803. The fraction of sp³-hybridized carbons (Fsp3) is 0.370. The van der Waals surface area contributed by atoms with Crippen molar-refractivity contribution in [1.82, 2.24) is 4.98 Å². The molecule has 1 fully saturated rings. The van der Waals surface area contributed by atoms with Gasteiger partial charge >= 0.3 is 0 Å². The van der Waals surface area contributed by atoms with Crippen LogP contribution in [0.4, 0.5) is 9.52 Å². The Hall–Kier alpha value is -3.06. The quantitative estimate of drug-likeness (QED) is 0.461. The number of nitrogens with zero attached hydrogens (tertiary/aromatic N) is 2. The zero-order valence-electron chi connectivity index (χ0n) is 19.1. The number of benzene rings is 2. The van der Waals surface area contributed by atoms with Crippen molar-refractivity contribution in [3.63, 3.8) is 0 Å². The largest absolute Gasteiger partial charge is 0.483 e. The Morgan fingerprint density at radius 3 is 2.71 bits per heavy atom. The van der Waals surface area contributed by atoms with Crippen molar-refractivity contribution >= 4 is 38.4 Å². The van der Waals surface area contributed by atoms with Gasteiger partial charge in [-0.05, 0) is 48.9 Å². The van der Waals surface area contributed by atoms with Gasteiger partial charge < -0.3 is 4.74 Å². The Kier molecular flexibility index (Phi) is 5.06. The van der Waals surface area contributed by atoms with Crippen molar-refractivity contribution in [2.45, 2.75) is 57.6 Å². The first-order valence-corrected chi connectivity index (χ1v) is 12.7. The van der Waals surface area contributed by atoms with E-state index in [1.807, 2.05) is 12.1 Å². The molecule has 1 aliphatic carbocycles. The third-order valence-electron chi connectivity index (χ3n) is 7.24. The van der Waals surface area contributed by atoms with Gasteiger partial charge in [-0.15, -0.1) is 0 Å². The highest BCUT2D eigenvalue weighted by Crippen LogP contribution is 2.49. The summed E-state index contributed by atoms with van der Waals surface area (Å²) in [6.45, 7) is 4.25. The number of hydrogen-bond acceptors (Lipinski definition) is 5. The molecule has 3 atom stereocenters. The monoisotopic (exact) mass is 476 g/mol. The van der Waals surface area contributed by atoms with Gasteiger partial charge in [-0.2, -0.15) is 0 Å². The minimum absolute atomic E-state index is 0.0727. The van der Waals surface area contributed by atoms with E-state index in [4.69, 9.17) is 9.72 Å². The van der Waals surface area contributed by atoms with E-state index in [-0.39, 0.29) is 34.7 Å². The normalized spacial score (nSPS) is 24.6. The Morgan fingerprint density at radius 2 is 1.91 bits per heavy atom. The predicted molar refractivity (Wildman–Crippen MR) is 129 cm³/mol. The van der Waals surface area contributed by atoms with Crippen LogP contribution in [0.2, 0.25) is 0 Å². The Labute approximate surface area is 201 Å². The smallest absolute Gasteiger partial charge is 0.296 e. The molecule has 3 heterocycles. The highest BCUT2D eigenvalue weighted by atomic mass is 32.1. The van der Waals surface area contributed by atoms with Crippen LogP contribution >= 0.6 is 11.3 Å². The zero-order chi connectivity index (χ0) is 23.6. The number of ether oxygens (including phenoxy) is 1. The molecule has 0 saturated heterocycles. The zero-order valence-corrected chi connectivity index (χ0v) is 19.9. The number of amides is 1. The number of fused-ring (bicyclic) bond motifs is 2. The molecule has 1 amide bonds. The van der Waals surface area contributed by atoms with Crippen LogP contribution in [0.15, 0.2) is 53.8 Å². The first kappa shape index (κ1) is 21.5. The van der Waals surface area contributed by atoms with E-state index < -0.39 is 17.8 Å². The number of anilines is 1. The summed E-state index contributed by atoms with van der Waals surface area (Å²) in [4.78, 5) is 33.6. The number of hydrogen-bond donors (Lipinski definition) is 0. The van der Waals surface area contributed by atoms with Crippen LogP contribution in [0.5, 0.6) is 0 Å². The SMILES string of the molecule is CC(C)c1ccc2nc(N3C(=O)C4=C(C(=O)C5CCCCC5O4)C3c3ccccc3F)sc2c1. The molecule has 0 N–H and O–H groups in total. The van der Waals surface area contributed by atoms with Gasteiger partial charge in [0.2, 0.25) is 0 Å². The summed E-state index contributed by atoms with van der Waals surface area (Å²) in [7, 11) is 0. The van der Waals surface area contributed by atoms with Gasteiger partial charge in [-0.25, -0.2) is 9.37 Å². The molecule has 5 nitrogen and oxygen atoms in total. The minimum Gasteiger partial charge on any atom is -0.483 e. The minimum atomic E-state index is -0.885. The van der Waals surface area contributed by atoms with E-state index in [9.17, 15) is 9.59 Å². The number of thiazole rings is 1. The van der Waals surface area contributed by atoms with E-state index in [1.165, 1.54) is 27.9 Å². The molecule has 0 radical (unpaired) electrons. The van der Waals surface area contributed by atoms with Crippen LogP contribution in [0.3, 0.4) is 0 Å². The van der Waals surface area contributed by atoms with Crippen LogP contribution < -0.4 is 4.90 Å². The maximum absolute atomic E-state index is 15.1. The Bertz CT molecular complexity index is 1360. The first-order chi connectivity index (χ1) is 16.4. The maximum atomic E-state index is 15.1. The third-order valence-corrected chi connectivity index (χ3v) is 8.25. The average molecular weight is 477 g/mol. The molecule has 0 bridgehead atoms. The summed E-state index contributed by atoms with van der Waals surface area (Å²) < 4.78 is 22.2. The van der Waals surface area contributed by atoms with Gasteiger partial charge in [0.05, 0.1) is 21.7 Å². The van der Waals surface area contributed by atoms with Gasteiger partial charge in [-0.3, -0.25) is 14.5 Å². The molecular formula is C27H25FN2O3S. The number of ketones is 1. The lowest BCUT2D eigenvalue weighted by atomic mass is 9.77. The topological polar surface area (TPSA) is 59.5 Å². The standard InChI is InChI=1S/C27H25FN2O3S/c1-14(2)15-11-12-19-21(13-15)34-27(29-19)30-23(16-7-3-5-9-18(16)28)22-24(31)17-8-4-6-10-20(17)33-25(22)26(30)32/h3,5,7,9,11-14,17,20,23H,4,6,8,10H2,1-2H3. The van der Waals surface area contributed by atoms with E-state index >= 15 is 4.39 Å². The molecule has 7 heteroatoms. The molecule has 2 aromatic carbocycles. The highest BCUT2D eigenvalue weighted by Gasteiger charge is 2.53. The Morgan fingerprint density at radius 1 is 1.12 bits per heavy atom.